The number of carbonyl (C=O) groups is 1. The Morgan fingerprint density at radius 2 is 1.96 bits per heavy atom. The van der Waals surface area contributed by atoms with Crippen LogP contribution >= 0.6 is 0 Å². The fourth-order valence-electron chi connectivity index (χ4n) is 2.49. The average molecular weight is 336 g/mol. The molecule has 2 N–H and O–H groups in total. The van der Waals surface area contributed by atoms with Crippen molar-refractivity contribution in [1.82, 2.24) is 5.32 Å². The van der Waals surface area contributed by atoms with Gasteiger partial charge in [-0.15, -0.1) is 0 Å². The largest absolute Gasteiger partial charge is 0.490 e. The Hall–Kier alpha value is -1.75. The average Bonchev–Trinajstić information content (AvgIpc) is 2.55. The van der Waals surface area contributed by atoms with Gasteiger partial charge in [0.25, 0.3) is 6.47 Å². The van der Waals surface area contributed by atoms with Crippen molar-refractivity contribution in [2.24, 2.45) is 5.92 Å². The standard InChI is InChI=1S/C14H22N2O.C5H10O2/c1-11(12-6-8-16-9-7-12)17-14-5-3-4-13(10-14)15-2;1-5(2,3)7-4-6/h3-5,10-12,15-16H,6-9H2,1-2H3;4H,1-3H3. The van der Waals surface area contributed by atoms with Gasteiger partial charge in [0.15, 0.2) is 0 Å². The summed E-state index contributed by atoms with van der Waals surface area (Å²) in [6.45, 7) is 10.3. The van der Waals surface area contributed by atoms with Crippen molar-refractivity contribution in [2.75, 3.05) is 25.5 Å². The molecule has 0 saturated carbocycles. The van der Waals surface area contributed by atoms with Crippen molar-refractivity contribution in [1.29, 1.82) is 0 Å². The topological polar surface area (TPSA) is 59.6 Å². The summed E-state index contributed by atoms with van der Waals surface area (Å²) in [6.07, 6.45) is 2.73. The Morgan fingerprint density at radius 3 is 2.46 bits per heavy atom. The van der Waals surface area contributed by atoms with Crippen molar-refractivity contribution >= 4 is 12.2 Å². The number of anilines is 1. The third kappa shape index (κ3) is 8.20. The maximum atomic E-state index is 9.60. The lowest BCUT2D eigenvalue weighted by Gasteiger charge is -2.28. The Kier molecular flexibility index (Phi) is 8.61. The lowest BCUT2D eigenvalue weighted by atomic mass is 9.93. The molecule has 2 rings (SSSR count). The molecular weight excluding hydrogens is 304 g/mol. The molecule has 136 valence electrons. The molecule has 5 nitrogen and oxygen atoms in total. The molecule has 0 bridgehead atoms. The second-order valence-corrected chi connectivity index (χ2v) is 7.01. The van der Waals surface area contributed by atoms with Gasteiger partial charge in [0.1, 0.15) is 11.4 Å². The highest BCUT2D eigenvalue weighted by atomic mass is 16.5. The fraction of sp³-hybridized carbons (Fsp3) is 0.632. The zero-order valence-corrected chi connectivity index (χ0v) is 15.6. The molecule has 1 atom stereocenters. The molecule has 1 aromatic carbocycles. The number of piperidine rings is 1. The quantitative estimate of drug-likeness (QED) is 0.807. The second-order valence-electron chi connectivity index (χ2n) is 7.01. The first-order valence-electron chi connectivity index (χ1n) is 8.62. The van der Waals surface area contributed by atoms with Crippen LogP contribution in [0.5, 0.6) is 5.75 Å². The molecule has 24 heavy (non-hydrogen) atoms. The molecule has 0 amide bonds. The number of ether oxygens (including phenoxy) is 2. The van der Waals surface area contributed by atoms with Crippen LogP contribution in [0.2, 0.25) is 0 Å². The summed E-state index contributed by atoms with van der Waals surface area (Å²) in [5.41, 5.74) is 0.780. The van der Waals surface area contributed by atoms with Gasteiger partial charge in [-0.1, -0.05) is 6.07 Å². The van der Waals surface area contributed by atoms with E-state index in [1.54, 1.807) is 0 Å². The van der Waals surface area contributed by atoms with Crippen LogP contribution in [0.25, 0.3) is 0 Å². The molecule has 1 heterocycles. The number of rotatable bonds is 5. The van der Waals surface area contributed by atoms with Gasteiger partial charge in [-0.25, -0.2) is 0 Å². The summed E-state index contributed by atoms with van der Waals surface area (Å²) in [5.74, 6) is 1.64. The molecule has 1 aliphatic rings. The smallest absolute Gasteiger partial charge is 0.293 e. The molecule has 0 radical (unpaired) electrons. The SMILES string of the molecule is CC(C)(C)OC=O.CNc1cccc(OC(C)C2CCNCC2)c1. The molecule has 1 unspecified atom stereocenters. The molecule has 5 heteroatoms. The minimum absolute atomic E-state index is 0.296. The van der Waals surface area contributed by atoms with Gasteiger partial charge in [-0.05, 0) is 71.7 Å². The van der Waals surface area contributed by atoms with Gasteiger partial charge < -0.3 is 20.1 Å². The van der Waals surface area contributed by atoms with Crippen LogP contribution in [-0.2, 0) is 9.53 Å². The van der Waals surface area contributed by atoms with E-state index in [2.05, 4.69) is 28.4 Å². The summed E-state index contributed by atoms with van der Waals surface area (Å²) in [6, 6.07) is 8.15. The first-order valence-corrected chi connectivity index (χ1v) is 8.62. The van der Waals surface area contributed by atoms with E-state index >= 15 is 0 Å². The van der Waals surface area contributed by atoms with E-state index in [1.807, 2.05) is 46.0 Å². The maximum absolute atomic E-state index is 9.60. The molecule has 1 aliphatic heterocycles. The maximum Gasteiger partial charge on any atom is 0.293 e. The van der Waals surface area contributed by atoms with E-state index in [0.717, 1.165) is 24.5 Å². The minimum Gasteiger partial charge on any atom is -0.490 e. The van der Waals surface area contributed by atoms with Crippen LogP contribution in [0.4, 0.5) is 5.69 Å². The number of benzene rings is 1. The molecule has 0 aromatic heterocycles. The van der Waals surface area contributed by atoms with Gasteiger partial charge >= 0.3 is 0 Å². The minimum atomic E-state index is -0.318. The first kappa shape index (κ1) is 20.3. The number of nitrogens with one attached hydrogen (secondary N) is 2. The molecular formula is C19H32N2O3. The normalized spacial score (nSPS) is 16.4. The lowest BCUT2D eigenvalue weighted by molar-refractivity contribution is -0.138. The van der Waals surface area contributed by atoms with Crippen LogP contribution in [0, 0.1) is 5.92 Å². The summed E-state index contributed by atoms with van der Waals surface area (Å²) in [7, 11) is 1.93. The van der Waals surface area contributed by atoms with Crippen LogP contribution < -0.4 is 15.4 Å². The highest BCUT2D eigenvalue weighted by Gasteiger charge is 2.21. The zero-order chi connectivity index (χ0) is 18.0. The van der Waals surface area contributed by atoms with Crippen LogP contribution in [0.1, 0.15) is 40.5 Å². The van der Waals surface area contributed by atoms with Crippen molar-refractivity contribution in [2.45, 2.75) is 52.2 Å². The first-order chi connectivity index (χ1) is 11.4. The van der Waals surface area contributed by atoms with E-state index in [-0.39, 0.29) is 5.60 Å². The Bertz CT molecular complexity index is 480. The highest BCUT2D eigenvalue weighted by molar-refractivity contribution is 5.47. The van der Waals surface area contributed by atoms with Crippen molar-refractivity contribution in [3.05, 3.63) is 24.3 Å². The van der Waals surface area contributed by atoms with Crippen molar-refractivity contribution in [3.8, 4) is 5.75 Å². The Morgan fingerprint density at radius 1 is 1.29 bits per heavy atom. The number of carbonyl (C=O) groups excluding carboxylic acids is 1. The van der Waals surface area contributed by atoms with E-state index in [4.69, 9.17) is 4.74 Å². The molecule has 0 spiro atoms. The van der Waals surface area contributed by atoms with Crippen molar-refractivity contribution in [3.63, 3.8) is 0 Å². The van der Waals surface area contributed by atoms with Crippen LogP contribution in [-0.4, -0.2) is 38.3 Å². The summed E-state index contributed by atoms with van der Waals surface area (Å²) in [4.78, 5) is 9.60. The van der Waals surface area contributed by atoms with E-state index < -0.39 is 0 Å². The zero-order valence-electron chi connectivity index (χ0n) is 15.6. The molecule has 0 aliphatic carbocycles. The third-order valence-electron chi connectivity index (χ3n) is 3.89. The summed E-state index contributed by atoms with van der Waals surface area (Å²) >= 11 is 0. The monoisotopic (exact) mass is 336 g/mol. The van der Waals surface area contributed by atoms with E-state index in [9.17, 15) is 4.79 Å². The summed E-state index contributed by atoms with van der Waals surface area (Å²) in [5, 5.41) is 6.52. The Balaban J connectivity index is 0.000000351. The lowest BCUT2D eigenvalue weighted by Crippen LogP contribution is -2.35. The molecule has 1 aromatic rings. The highest BCUT2D eigenvalue weighted by Crippen LogP contribution is 2.23. The van der Waals surface area contributed by atoms with Gasteiger partial charge in [-0.2, -0.15) is 0 Å². The van der Waals surface area contributed by atoms with Crippen LogP contribution in [0.3, 0.4) is 0 Å². The fourth-order valence-corrected chi connectivity index (χ4v) is 2.49. The molecule has 1 fully saturated rings. The second kappa shape index (κ2) is 10.2. The van der Waals surface area contributed by atoms with Crippen molar-refractivity contribution < 1.29 is 14.3 Å². The van der Waals surface area contributed by atoms with Gasteiger partial charge in [0.05, 0.1) is 6.10 Å². The van der Waals surface area contributed by atoms with E-state index in [0.29, 0.717) is 18.5 Å². The number of hydrogen-bond donors (Lipinski definition) is 2. The van der Waals surface area contributed by atoms with E-state index in [1.165, 1.54) is 12.8 Å². The van der Waals surface area contributed by atoms with Gasteiger partial charge in [0, 0.05) is 18.8 Å². The Labute approximate surface area is 146 Å². The number of hydrogen-bond acceptors (Lipinski definition) is 5. The summed E-state index contributed by atoms with van der Waals surface area (Å²) < 4.78 is 10.6. The predicted molar refractivity (Wildman–Crippen MR) is 98.6 cm³/mol. The van der Waals surface area contributed by atoms with Crippen LogP contribution in [0.15, 0.2) is 24.3 Å². The van der Waals surface area contributed by atoms with Gasteiger partial charge in [-0.3, -0.25) is 4.79 Å². The van der Waals surface area contributed by atoms with Gasteiger partial charge in [0.2, 0.25) is 0 Å². The molecule has 1 saturated heterocycles. The predicted octanol–water partition coefficient (Wildman–Crippen LogP) is 3.45. The third-order valence-corrected chi connectivity index (χ3v) is 3.89.